The molecule has 22 heavy (non-hydrogen) atoms. The average molecular weight is 409 g/mol. The lowest BCUT2D eigenvalue weighted by atomic mass is 10.1. The summed E-state index contributed by atoms with van der Waals surface area (Å²) in [5, 5.41) is 0.567. The molecule has 2 heterocycles. The monoisotopic (exact) mass is 409 g/mol. The van der Waals surface area contributed by atoms with Gasteiger partial charge in [0.15, 0.2) is 11.2 Å². The summed E-state index contributed by atoms with van der Waals surface area (Å²) < 4.78 is 13.1. The van der Waals surface area contributed by atoms with Crippen LogP contribution < -0.4 is 5.43 Å². The minimum absolute atomic E-state index is 0.0707. The highest BCUT2D eigenvalue weighted by atomic mass is 127. The summed E-state index contributed by atoms with van der Waals surface area (Å²) in [4.78, 5) is 23.5. The third-order valence-electron chi connectivity index (χ3n) is 3.42. The van der Waals surface area contributed by atoms with E-state index in [4.69, 9.17) is 4.42 Å². The number of hydrogen-bond acceptors (Lipinski definition) is 4. The maximum atomic E-state index is 12.0. The molecule has 0 aliphatic heterocycles. The first-order chi connectivity index (χ1) is 10.5. The number of hydrogen-bond donors (Lipinski definition) is 0. The van der Waals surface area contributed by atoms with Crippen LogP contribution in [0.1, 0.15) is 10.4 Å². The van der Waals surface area contributed by atoms with E-state index in [0.29, 0.717) is 22.4 Å². The van der Waals surface area contributed by atoms with Gasteiger partial charge in [-0.2, -0.15) is 0 Å². The predicted octanol–water partition coefficient (Wildman–Crippen LogP) is 3.19. The number of aryl methyl sites for hydroxylation is 1. The quantitative estimate of drug-likeness (QED) is 0.482. The lowest BCUT2D eigenvalue weighted by molar-refractivity contribution is 0.0601. The van der Waals surface area contributed by atoms with E-state index >= 15 is 0 Å². The molecule has 0 atom stereocenters. The van der Waals surface area contributed by atoms with Gasteiger partial charge in [-0.1, -0.05) is 12.1 Å². The number of aromatic nitrogens is 1. The first-order valence-corrected chi connectivity index (χ1v) is 7.57. The van der Waals surface area contributed by atoms with Crippen molar-refractivity contribution in [3.05, 3.63) is 55.9 Å². The second-order valence-electron chi connectivity index (χ2n) is 4.79. The molecule has 1 aromatic carbocycles. The van der Waals surface area contributed by atoms with Gasteiger partial charge in [0.05, 0.1) is 21.6 Å². The van der Waals surface area contributed by atoms with Crippen LogP contribution in [-0.2, 0) is 11.8 Å². The van der Waals surface area contributed by atoms with Crippen LogP contribution in [0, 0.1) is 3.57 Å². The molecule has 2 aromatic heterocycles. The van der Waals surface area contributed by atoms with Crippen molar-refractivity contribution in [2.45, 2.75) is 0 Å². The summed E-state index contributed by atoms with van der Waals surface area (Å²) in [6, 6.07) is 8.41. The highest BCUT2D eigenvalue weighted by Gasteiger charge is 2.18. The topological polar surface area (TPSA) is 61.4 Å². The van der Waals surface area contributed by atoms with Crippen molar-refractivity contribution in [1.29, 1.82) is 0 Å². The van der Waals surface area contributed by atoms with Crippen LogP contribution in [-0.4, -0.2) is 17.6 Å². The van der Waals surface area contributed by atoms with Gasteiger partial charge in [-0.25, -0.2) is 4.79 Å². The molecular formula is C16H12INO4. The average Bonchev–Trinajstić information content (AvgIpc) is 2.89. The van der Waals surface area contributed by atoms with Crippen molar-refractivity contribution in [3.63, 3.8) is 0 Å². The van der Waals surface area contributed by atoms with Crippen LogP contribution in [0.4, 0.5) is 0 Å². The summed E-state index contributed by atoms with van der Waals surface area (Å²) in [5.74, 6) is 0.227. The maximum absolute atomic E-state index is 12.0. The first kappa shape index (κ1) is 14.8. The normalized spacial score (nSPS) is 10.9. The Morgan fingerprint density at radius 2 is 1.91 bits per heavy atom. The van der Waals surface area contributed by atoms with Crippen molar-refractivity contribution < 1.29 is 13.9 Å². The fourth-order valence-electron chi connectivity index (χ4n) is 2.25. The summed E-state index contributed by atoms with van der Waals surface area (Å²) >= 11 is 2.11. The number of fused-ring (bicyclic) bond motifs is 1. The van der Waals surface area contributed by atoms with Gasteiger partial charge in [0.2, 0.25) is 5.71 Å². The molecule has 112 valence electrons. The zero-order valence-electron chi connectivity index (χ0n) is 11.9. The molecule has 0 unspecified atom stereocenters. The second kappa shape index (κ2) is 5.60. The molecule has 0 bridgehead atoms. The number of esters is 1. The van der Waals surface area contributed by atoms with Gasteiger partial charge in [-0.05, 0) is 34.7 Å². The van der Waals surface area contributed by atoms with Gasteiger partial charge in [0, 0.05) is 24.9 Å². The van der Waals surface area contributed by atoms with E-state index in [2.05, 4.69) is 27.3 Å². The molecule has 5 nitrogen and oxygen atoms in total. The predicted molar refractivity (Wildman–Crippen MR) is 90.9 cm³/mol. The van der Waals surface area contributed by atoms with Crippen molar-refractivity contribution in [3.8, 4) is 11.3 Å². The molecule has 3 aromatic rings. The Hall–Kier alpha value is -2.09. The van der Waals surface area contributed by atoms with E-state index in [1.54, 1.807) is 35.0 Å². The summed E-state index contributed by atoms with van der Waals surface area (Å²) in [5.41, 5.74) is 1.72. The van der Waals surface area contributed by atoms with Crippen LogP contribution in [0.3, 0.4) is 0 Å². The Morgan fingerprint density at radius 1 is 1.23 bits per heavy atom. The SMILES string of the molecule is COC(=O)c1ccc(-c2oc3c(c2I)c(=O)ccn3C)cc1. The van der Waals surface area contributed by atoms with E-state index < -0.39 is 0 Å². The van der Waals surface area contributed by atoms with Crippen LogP contribution >= 0.6 is 22.6 Å². The van der Waals surface area contributed by atoms with Crippen LogP contribution in [0.2, 0.25) is 0 Å². The van der Waals surface area contributed by atoms with Crippen LogP contribution in [0.15, 0.2) is 45.7 Å². The number of methoxy groups -OCH3 is 1. The second-order valence-corrected chi connectivity index (χ2v) is 5.86. The Kier molecular flexibility index (Phi) is 3.78. The summed E-state index contributed by atoms with van der Waals surface area (Å²) in [6.07, 6.45) is 1.67. The lowest BCUT2D eigenvalue weighted by Gasteiger charge is -2.01. The number of rotatable bonds is 2. The number of pyridine rings is 1. The Balaban J connectivity index is 2.17. The highest BCUT2D eigenvalue weighted by Crippen LogP contribution is 2.32. The molecule has 0 fully saturated rings. The number of ether oxygens (including phenoxy) is 1. The van der Waals surface area contributed by atoms with E-state index in [9.17, 15) is 9.59 Å². The standard InChI is InChI=1S/C16H12INO4/c1-18-8-7-11(19)12-13(17)14(22-15(12)18)9-3-5-10(6-4-9)16(20)21-2/h3-8H,1-2H3. The van der Waals surface area contributed by atoms with Crippen molar-refractivity contribution in [2.75, 3.05) is 7.11 Å². The number of carbonyl (C=O) groups is 1. The summed E-state index contributed by atoms with van der Waals surface area (Å²) in [7, 11) is 3.17. The number of furan rings is 1. The van der Waals surface area contributed by atoms with Gasteiger partial charge in [-0.15, -0.1) is 0 Å². The third-order valence-corrected chi connectivity index (χ3v) is 4.45. The maximum Gasteiger partial charge on any atom is 0.337 e. The number of carbonyl (C=O) groups excluding carboxylic acids is 1. The van der Waals surface area contributed by atoms with Crippen molar-refractivity contribution in [2.24, 2.45) is 7.05 Å². The molecule has 3 rings (SSSR count). The molecule has 0 aliphatic rings. The summed E-state index contributed by atoms with van der Waals surface area (Å²) in [6.45, 7) is 0. The fraction of sp³-hybridized carbons (Fsp3) is 0.125. The van der Waals surface area contributed by atoms with Gasteiger partial charge < -0.3 is 13.7 Å². The largest absolute Gasteiger partial charge is 0.465 e. The van der Waals surface area contributed by atoms with Gasteiger partial charge in [-0.3, -0.25) is 4.79 Å². The van der Waals surface area contributed by atoms with Crippen molar-refractivity contribution in [1.82, 2.24) is 4.57 Å². The molecule has 0 saturated heterocycles. The fourth-order valence-corrected chi connectivity index (χ4v) is 3.17. The van der Waals surface area contributed by atoms with Crippen LogP contribution in [0.25, 0.3) is 22.4 Å². The Morgan fingerprint density at radius 3 is 2.50 bits per heavy atom. The number of nitrogens with zero attached hydrogens (tertiary/aromatic N) is 1. The molecule has 0 radical (unpaired) electrons. The zero-order chi connectivity index (χ0) is 15.9. The third kappa shape index (κ3) is 2.33. The lowest BCUT2D eigenvalue weighted by Crippen LogP contribution is -2.03. The molecule has 6 heteroatoms. The van der Waals surface area contributed by atoms with Gasteiger partial charge in [0.25, 0.3) is 0 Å². The Labute approximate surface area is 139 Å². The van der Waals surface area contributed by atoms with E-state index in [1.807, 2.05) is 7.05 Å². The first-order valence-electron chi connectivity index (χ1n) is 6.49. The molecule has 0 saturated carbocycles. The van der Waals surface area contributed by atoms with E-state index in [-0.39, 0.29) is 11.4 Å². The molecular weight excluding hydrogens is 397 g/mol. The Bertz CT molecular complexity index is 922. The van der Waals surface area contributed by atoms with E-state index in [0.717, 1.165) is 9.13 Å². The molecule has 0 aliphatic carbocycles. The molecule has 0 spiro atoms. The molecule has 0 amide bonds. The number of benzene rings is 1. The van der Waals surface area contributed by atoms with Crippen LogP contribution in [0.5, 0.6) is 0 Å². The van der Waals surface area contributed by atoms with Gasteiger partial charge >= 0.3 is 5.97 Å². The molecule has 0 N–H and O–H groups in total. The zero-order valence-corrected chi connectivity index (χ0v) is 14.1. The van der Waals surface area contributed by atoms with Crippen molar-refractivity contribution >= 4 is 39.7 Å². The number of halogens is 1. The smallest absolute Gasteiger partial charge is 0.337 e. The van der Waals surface area contributed by atoms with E-state index in [1.165, 1.54) is 13.2 Å². The van der Waals surface area contributed by atoms with Gasteiger partial charge in [0.1, 0.15) is 0 Å². The minimum atomic E-state index is -0.390. The minimum Gasteiger partial charge on any atom is -0.465 e. The highest BCUT2D eigenvalue weighted by molar-refractivity contribution is 14.1.